The van der Waals surface area contributed by atoms with E-state index in [4.69, 9.17) is 25.5 Å². The van der Waals surface area contributed by atoms with Gasteiger partial charge in [-0.05, 0) is 42.2 Å². The molecule has 2 aromatic carbocycles. The zero-order valence-electron chi connectivity index (χ0n) is 19.6. The summed E-state index contributed by atoms with van der Waals surface area (Å²) in [4.78, 5) is 25.5. The Morgan fingerprint density at radius 3 is 2.41 bits per heavy atom. The number of nitrogens with one attached hydrogen (secondary N) is 1. The van der Waals surface area contributed by atoms with Crippen molar-refractivity contribution in [3.63, 3.8) is 0 Å². The van der Waals surface area contributed by atoms with Gasteiger partial charge in [0, 0.05) is 17.0 Å². The number of benzene rings is 2. The maximum atomic E-state index is 12.9. The van der Waals surface area contributed by atoms with Crippen molar-refractivity contribution in [1.29, 1.82) is 0 Å². The fraction of sp³-hybridized carbons (Fsp3) is 0.333. The Bertz CT molecular complexity index is 1080. The predicted octanol–water partition coefficient (Wildman–Crippen LogP) is 5.43. The Labute approximate surface area is 205 Å². The Kier molecular flexibility index (Phi) is 9.31. The fourth-order valence-electron chi connectivity index (χ4n) is 3.61. The molecule has 0 radical (unpaired) electrons. The summed E-state index contributed by atoms with van der Waals surface area (Å²) < 4.78 is 16.5. The third-order valence-corrected chi connectivity index (χ3v) is 5.51. The van der Waals surface area contributed by atoms with Gasteiger partial charge in [0.05, 0.1) is 7.11 Å². The van der Waals surface area contributed by atoms with Crippen molar-refractivity contribution in [3.8, 4) is 11.3 Å². The van der Waals surface area contributed by atoms with Crippen LogP contribution in [0.3, 0.4) is 0 Å². The maximum Gasteiger partial charge on any atom is 0.323 e. The van der Waals surface area contributed by atoms with Crippen LogP contribution in [0.4, 0.5) is 0 Å². The molecule has 34 heavy (non-hydrogen) atoms. The summed E-state index contributed by atoms with van der Waals surface area (Å²) in [6, 6.07) is 19.0. The molecule has 180 valence electrons. The van der Waals surface area contributed by atoms with E-state index in [2.05, 4.69) is 5.32 Å². The molecule has 1 heterocycles. The van der Waals surface area contributed by atoms with Crippen molar-refractivity contribution in [2.45, 2.75) is 45.4 Å². The highest BCUT2D eigenvalue weighted by atomic mass is 35.5. The van der Waals surface area contributed by atoms with Gasteiger partial charge < -0.3 is 13.9 Å². The lowest BCUT2D eigenvalue weighted by Crippen LogP contribution is -2.49. The van der Waals surface area contributed by atoms with Crippen LogP contribution in [-0.4, -0.2) is 31.1 Å². The molecular weight excluding hydrogens is 454 g/mol. The predicted molar refractivity (Wildman–Crippen MR) is 131 cm³/mol. The first-order chi connectivity index (χ1) is 16.4. The van der Waals surface area contributed by atoms with Gasteiger partial charge in [-0.1, -0.05) is 67.9 Å². The Morgan fingerprint density at radius 1 is 0.971 bits per heavy atom. The first-order valence-corrected chi connectivity index (χ1v) is 11.6. The number of carbonyl (C=O) groups excluding carboxylic acids is 2. The lowest BCUT2D eigenvalue weighted by Gasteiger charge is -2.24. The summed E-state index contributed by atoms with van der Waals surface area (Å²) >= 11 is 6.08. The molecule has 0 amide bonds. The summed E-state index contributed by atoms with van der Waals surface area (Å²) in [5.41, 5.74) is 1.73. The number of halogens is 1. The van der Waals surface area contributed by atoms with Crippen LogP contribution in [0.1, 0.15) is 31.6 Å². The smallest absolute Gasteiger partial charge is 0.323 e. The normalized spacial score (nSPS) is 12.9. The highest BCUT2D eigenvalue weighted by Crippen LogP contribution is 2.25. The summed E-state index contributed by atoms with van der Waals surface area (Å²) in [6.07, 6.45) is 0.723. The average Bonchev–Trinajstić information content (AvgIpc) is 3.30. The largest absolute Gasteiger partial charge is 0.468 e. The monoisotopic (exact) mass is 483 g/mol. The number of hydrogen-bond donors (Lipinski definition) is 1. The molecule has 0 fully saturated rings. The van der Waals surface area contributed by atoms with Crippen molar-refractivity contribution < 1.29 is 23.5 Å². The second-order valence-electron chi connectivity index (χ2n) is 8.50. The minimum Gasteiger partial charge on any atom is -0.468 e. The molecular formula is C27H30ClNO5. The van der Waals surface area contributed by atoms with E-state index in [1.54, 1.807) is 12.1 Å². The Morgan fingerprint density at radius 2 is 1.74 bits per heavy atom. The zero-order valence-corrected chi connectivity index (χ0v) is 20.4. The molecule has 0 bridgehead atoms. The van der Waals surface area contributed by atoms with Gasteiger partial charge in [-0.25, -0.2) is 0 Å². The third-order valence-electron chi connectivity index (χ3n) is 5.28. The van der Waals surface area contributed by atoms with Crippen LogP contribution < -0.4 is 5.32 Å². The lowest BCUT2D eigenvalue weighted by molar-refractivity contribution is -0.149. The molecule has 0 aliphatic heterocycles. The molecule has 0 aliphatic carbocycles. The van der Waals surface area contributed by atoms with E-state index in [1.807, 2.05) is 68.4 Å². The van der Waals surface area contributed by atoms with Crippen LogP contribution >= 0.6 is 11.6 Å². The summed E-state index contributed by atoms with van der Waals surface area (Å²) in [7, 11) is 1.32. The lowest BCUT2D eigenvalue weighted by atomic mass is 10.0. The SMILES string of the molecule is COC(=O)[C@H](Cc1ccc(-c2cccc(Cl)c2)o1)N[C@@H](CC(C)C)C(=O)OCc1ccccc1. The molecule has 3 rings (SSSR count). The van der Waals surface area contributed by atoms with E-state index in [-0.39, 0.29) is 18.9 Å². The summed E-state index contributed by atoms with van der Waals surface area (Å²) in [5.74, 6) is 0.537. The van der Waals surface area contributed by atoms with Crippen LogP contribution in [0, 0.1) is 5.92 Å². The third kappa shape index (κ3) is 7.47. The van der Waals surface area contributed by atoms with Gasteiger partial charge in [-0.2, -0.15) is 0 Å². The van der Waals surface area contributed by atoms with Crippen LogP contribution in [0.25, 0.3) is 11.3 Å². The highest BCUT2D eigenvalue weighted by molar-refractivity contribution is 6.30. The van der Waals surface area contributed by atoms with Gasteiger partial charge in [0.1, 0.15) is 30.2 Å². The van der Waals surface area contributed by atoms with Gasteiger partial charge in [0.25, 0.3) is 0 Å². The van der Waals surface area contributed by atoms with E-state index in [0.29, 0.717) is 23.0 Å². The van der Waals surface area contributed by atoms with E-state index >= 15 is 0 Å². The average molecular weight is 484 g/mol. The van der Waals surface area contributed by atoms with E-state index in [1.165, 1.54) is 7.11 Å². The zero-order chi connectivity index (χ0) is 24.5. The molecule has 1 aromatic heterocycles. The molecule has 1 N–H and O–H groups in total. The van der Waals surface area contributed by atoms with Crippen LogP contribution in [0.5, 0.6) is 0 Å². The molecule has 0 spiro atoms. The first-order valence-electron chi connectivity index (χ1n) is 11.2. The van der Waals surface area contributed by atoms with Crippen LogP contribution in [0.2, 0.25) is 5.02 Å². The van der Waals surface area contributed by atoms with Gasteiger partial charge >= 0.3 is 11.9 Å². The minimum absolute atomic E-state index is 0.167. The molecule has 6 nitrogen and oxygen atoms in total. The number of carbonyl (C=O) groups is 2. The Balaban J connectivity index is 1.72. The topological polar surface area (TPSA) is 77.8 Å². The number of hydrogen-bond acceptors (Lipinski definition) is 6. The van der Waals surface area contributed by atoms with Crippen molar-refractivity contribution in [2.75, 3.05) is 7.11 Å². The standard InChI is InChI=1S/C27H30ClNO5/c1-18(2)14-23(27(31)33-17-19-8-5-4-6-9-19)29-24(26(30)32-3)16-22-12-13-25(34-22)20-10-7-11-21(28)15-20/h4-13,15,18,23-24,29H,14,16-17H2,1-3H3/t23-,24-/m0/s1. The quantitative estimate of drug-likeness (QED) is 0.366. The van der Waals surface area contributed by atoms with Gasteiger partial charge in [0.2, 0.25) is 0 Å². The van der Waals surface area contributed by atoms with Gasteiger partial charge in [0.15, 0.2) is 0 Å². The van der Waals surface area contributed by atoms with Crippen molar-refractivity contribution in [3.05, 3.63) is 83.1 Å². The van der Waals surface area contributed by atoms with Gasteiger partial charge in [-0.3, -0.25) is 14.9 Å². The molecule has 0 saturated carbocycles. The second-order valence-corrected chi connectivity index (χ2v) is 8.93. The van der Waals surface area contributed by atoms with E-state index in [9.17, 15) is 9.59 Å². The number of methoxy groups -OCH3 is 1. The number of esters is 2. The molecule has 3 aromatic rings. The summed E-state index contributed by atoms with van der Waals surface area (Å²) in [6.45, 7) is 4.19. The van der Waals surface area contributed by atoms with Crippen molar-refractivity contribution in [1.82, 2.24) is 5.32 Å². The molecule has 7 heteroatoms. The molecule has 0 aliphatic rings. The molecule has 0 saturated heterocycles. The number of furan rings is 1. The van der Waals surface area contributed by atoms with Crippen molar-refractivity contribution in [2.24, 2.45) is 5.92 Å². The highest BCUT2D eigenvalue weighted by Gasteiger charge is 2.30. The fourth-order valence-corrected chi connectivity index (χ4v) is 3.80. The van der Waals surface area contributed by atoms with Crippen molar-refractivity contribution >= 4 is 23.5 Å². The van der Waals surface area contributed by atoms with E-state index in [0.717, 1.165) is 11.1 Å². The molecule has 2 atom stereocenters. The molecule has 0 unspecified atom stereocenters. The first kappa shape index (κ1) is 25.5. The minimum atomic E-state index is -0.781. The number of ether oxygens (including phenoxy) is 2. The van der Waals surface area contributed by atoms with Gasteiger partial charge in [-0.15, -0.1) is 0 Å². The van der Waals surface area contributed by atoms with Crippen LogP contribution in [-0.2, 0) is 32.1 Å². The second kappa shape index (κ2) is 12.4. The van der Waals surface area contributed by atoms with Crippen LogP contribution in [0.15, 0.2) is 71.1 Å². The van der Waals surface area contributed by atoms with E-state index < -0.39 is 24.0 Å². The summed E-state index contributed by atoms with van der Waals surface area (Å²) in [5, 5.41) is 3.76. The maximum absolute atomic E-state index is 12.9. The Hall–Kier alpha value is -3.09. The number of rotatable bonds is 11.